The highest BCUT2D eigenvalue weighted by Gasteiger charge is 2.28. The van der Waals surface area contributed by atoms with Gasteiger partial charge in [0, 0.05) is 27.4 Å². The number of carbonyl (C=O) groups excluding carboxylic acids is 1. The first-order valence-electron chi connectivity index (χ1n) is 9.69. The molecule has 0 saturated carbocycles. The normalized spacial score (nSPS) is 11.1. The van der Waals surface area contributed by atoms with E-state index in [1.165, 1.54) is 7.11 Å². The van der Waals surface area contributed by atoms with E-state index < -0.39 is 5.97 Å². The summed E-state index contributed by atoms with van der Waals surface area (Å²) in [4.78, 5) is 16.3. The third-order valence-electron chi connectivity index (χ3n) is 5.44. The number of nitrogens with one attached hydrogen (secondary N) is 1. The molecule has 0 aliphatic heterocycles. The van der Waals surface area contributed by atoms with Crippen LogP contribution in [0.2, 0.25) is 0 Å². The number of rotatable bonds is 3. The molecule has 0 spiro atoms. The Hall–Kier alpha value is -4.05. The Morgan fingerprint density at radius 1 is 0.800 bits per heavy atom. The first-order valence-corrected chi connectivity index (χ1v) is 9.69. The van der Waals surface area contributed by atoms with Crippen LogP contribution >= 0.6 is 0 Å². The van der Waals surface area contributed by atoms with Crippen LogP contribution in [0.3, 0.4) is 0 Å². The average molecular weight is 393 g/mol. The molecule has 5 aromatic rings. The number of H-pyrrole nitrogens is 1. The number of ether oxygens (including phenoxy) is 1. The molecular formula is C26H19NO3. The molecule has 0 aliphatic rings. The van der Waals surface area contributed by atoms with Gasteiger partial charge in [0.05, 0.1) is 12.6 Å². The standard InChI is InChI=1S/C26H19NO3/c1-30-26(29)23-22-18-14-8-9-15-19(18)27-24(22)20(16-10-4-2-5-11-16)21(25(23)28)17-12-6-3-7-13-17/h2-15,27-28H,1H3. The Morgan fingerprint density at radius 3 is 2.00 bits per heavy atom. The topological polar surface area (TPSA) is 62.3 Å². The minimum absolute atomic E-state index is 0.0795. The highest BCUT2D eigenvalue weighted by molar-refractivity contribution is 6.24. The molecule has 0 unspecified atom stereocenters. The maximum absolute atomic E-state index is 12.8. The number of hydrogen-bond donors (Lipinski definition) is 2. The third-order valence-corrected chi connectivity index (χ3v) is 5.44. The van der Waals surface area contributed by atoms with E-state index in [-0.39, 0.29) is 11.3 Å². The summed E-state index contributed by atoms with van der Waals surface area (Å²) in [5.74, 6) is -0.650. The van der Waals surface area contributed by atoms with Gasteiger partial charge < -0.3 is 14.8 Å². The Labute approximate surface area is 173 Å². The van der Waals surface area contributed by atoms with Crippen LogP contribution in [0.15, 0.2) is 84.9 Å². The third kappa shape index (κ3) is 2.65. The van der Waals surface area contributed by atoms with Crippen molar-refractivity contribution in [3.8, 4) is 28.0 Å². The number of aromatic nitrogens is 1. The molecule has 5 rings (SSSR count). The second-order valence-corrected chi connectivity index (χ2v) is 7.12. The van der Waals surface area contributed by atoms with Crippen LogP contribution in [0, 0.1) is 0 Å². The monoisotopic (exact) mass is 393 g/mol. The Morgan fingerprint density at radius 2 is 1.37 bits per heavy atom. The molecule has 4 aromatic carbocycles. The van der Waals surface area contributed by atoms with E-state index in [1.54, 1.807) is 0 Å². The number of phenolic OH excluding ortho intramolecular Hbond substituents is 1. The Balaban J connectivity index is 2.06. The number of aromatic hydroxyl groups is 1. The first-order chi connectivity index (χ1) is 14.7. The SMILES string of the molecule is COC(=O)c1c(O)c(-c2ccccc2)c(-c2ccccc2)c2[nH]c3ccccc3c12. The van der Waals surface area contributed by atoms with Crippen LogP contribution < -0.4 is 0 Å². The summed E-state index contributed by atoms with van der Waals surface area (Å²) in [6.45, 7) is 0. The van der Waals surface area contributed by atoms with Crippen molar-refractivity contribution in [2.45, 2.75) is 0 Å². The molecule has 30 heavy (non-hydrogen) atoms. The fourth-order valence-corrected chi connectivity index (χ4v) is 4.16. The predicted molar refractivity (Wildman–Crippen MR) is 120 cm³/mol. The number of phenols is 1. The number of esters is 1. The van der Waals surface area contributed by atoms with Crippen molar-refractivity contribution >= 4 is 27.8 Å². The van der Waals surface area contributed by atoms with Crippen LogP contribution in [0.4, 0.5) is 0 Å². The molecule has 2 N–H and O–H groups in total. The van der Waals surface area contributed by atoms with Gasteiger partial charge in [-0.25, -0.2) is 4.79 Å². The number of para-hydroxylation sites is 1. The lowest BCUT2D eigenvalue weighted by atomic mass is 9.88. The van der Waals surface area contributed by atoms with Gasteiger partial charge in [-0.1, -0.05) is 78.9 Å². The zero-order valence-electron chi connectivity index (χ0n) is 16.3. The molecule has 4 heteroatoms. The maximum Gasteiger partial charge on any atom is 0.342 e. The van der Waals surface area contributed by atoms with Gasteiger partial charge in [-0.3, -0.25) is 0 Å². The summed E-state index contributed by atoms with van der Waals surface area (Å²) in [5.41, 5.74) is 5.06. The van der Waals surface area contributed by atoms with Gasteiger partial charge in [0.15, 0.2) is 0 Å². The molecule has 0 bridgehead atoms. The summed E-state index contributed by atoms with van der Waals surface area (Å²) < 4.78 is 5.07. The lowest BCUT2D eigenvalue weighted by Gasteiger charge is -2.17. The van der Waals surface area contributed by atoms with E-state index >= 15 is 0 Å². The molecule has 0 amide bonds. The molecule has 0 fully saturated rings. The molecule has 0 atom stereocenters. The van der Waals surface area contributed by atoms with Crippen molar-refractivity contribution in [1.82, 2.24) is 4.98 Å². The van der Waals surface area contributed by atoms with Gasteiger partial charge in [-0.15, -0.1) is 0 Å². The van der Waals surface area contributed by atoms with Gasteiger partial charge >= 0.3 is 5.97 Å². The van der Waals surface area contributed by atoms with Crippen molar-refractivity contribution in [3.05, 3.63) is 90.5 Å². The molecule has 1 heterocycles. The van der Waals surface area contributed by atoms with Gasteiger partial charge in [0.25, 0.3) is 0 Å². The highest BCUT2D eigenvalue weighted by atomic mass is 16.5. The van der Waals surface area contributed by atoms with E-state index in [4.69, 9.17) is 4.74 Å². The summed E-state index contributed by atoms with van der Waals surface area (Å²) >= 11 is 0. The highest BCUT2D eigenvalue weighted by Crippen LogP contribution is 2.48. The predicted octanol–water partition coefficient (Wildman–Crippen LogP) is 6.15. The van der Waals surface area contributed by atoms with E-state index in [0.717, 1.165) is 33.1 Å². The molecule has 1 aromatic heterocycles. The van der Waals surface area contributed by atoms with E-state index in [9.17, 15) is 9.90 Å². The minimum atomic E-state index is -0.570. The molecule has 4 nitrogen and oxygen atoms in total. The number of fused-ring (bicyclic) bond motifs is 3. The van der Waals surface area contributed by atoms with Gasteiger partial charge in [-0.05, 0) is 17.2 Å². The molecule has 146 valence electrons. The van der Waals surface area contributed by atoms with Crippen LogP contribution in [0.1, 0.15) is 10.4 Å². The summed E-state index contributed by atoms with van der Waals surface area (Å²) in [6, 6.07) is 27.3. The quantitative estimate of drug-likeness (QED) is 0.362. The van der Waals surface area contributed by atoms with Gasteiger partial charge in [0.1, 0.15) is 11.3 Å². The van der Waals surface area contributed by atoms with Crippen molar-refractivity contribution in [2.24, 2.45) is 0 Å². The fourth-order valence-electron chi connectivity index (χ4n) is 4.16. The number of methoxy groups -OCH3 is 1. The van der Waals surface area contributed by atoms with E-state index in [2.05, 4.69) is 4.98 Å². The van der Waals surface area contributed by atoms with Crippen molar-refractivity contribution in [1.29, 1.82) is 0 Å². The first kappa shape index (κ1) is 18.0. The number of carbonyl (C=O) groups is 1. The van der Waals surface area contributed by atoms with Crippen LogP contribution in [0.5, 0.6) is 5.75 Å². The minimum Gasteiger partial charge on any atom is -0.506 e. The summed E-state index contributed by atoms with van der Waals surface area (Å²) in [5, 5.41) is 13.0. The number of hydrogen-bond acceptors (Lipinski definition) is 3. The van der Waals surface area contributed by atoms with Crippen LogP contribution in [-0.4, -0.2) is 23.2 Å². The van der Waals surface area contributed by atoms with E-state index in [1.807, 2.05) is 84.9 Å². The smallest absolute Gasteiger partial charge is 0.342 e. The second kappa shape index (κ2) is 7.08. The number of benzene rings is 4. The lowest BCUT2D eigenvalue weighted by molar-refractivity contribution is 0.0600. The van der Waals surface area contributed by atoms with E-state index in [0.29, 0.717) is 10.9 Å². The summed E-state index contributed by atoms with van der Waals surface area (Å²) in [6.07, 6.45) is 0. The lowest BCUT2D eigenvalue weighted by Crippen LogP contribution is -2.04. The average Bonchev–Trinajstić information content (AvgIpc) is 3.18. The Kier molecular flexibility index (Phi) is 4.25. The van der Waals surface area contributed by atoms with Gasteiger partial charge in [-0.2, -0.15) is 0 Å². The molecule has 0 aliphatic carbocycles. The zero-order valence-corrected chi connectivity index (χ0v) is 16.3. The van der Waals surface area contributed by atoms with Crippen LogP contribution in [0.25, 0.3) is 44.1 Å². The largest absolute Gasteiger partial charge is 0.506 e. The van der Waals surface area contributed by atoms with Crippen molar-refractivity contribution in [3.63, 3.8) is 0 Å². The molecule has 0 saturated heterocycles. The van der Waals surface area contributed by atoms with Crippen LogP contribution in [-0.2, 0) is 4.74 Å². The second-order valence-electron chi connectivity index (χ2n) is 7.12. The maximum atomic E-state index is 12.8. The van der Waals surface area contributed by atoms with Gasteiger partial charge in [0.2, 0.25) is 0 Å². The Bertz CT molecular complexity index is 1390. The zero-order chi connectivity index (χ0) is 20.7. The number of aromatic amines is 1. The molecular weight excluding hydrogens is 374 g/mol. The fraction of sp³-hybridized carbons (Fsp3) is 0.0385. The molecule has 0 radical (unpaired) electrons. The van der Waals surface area contributed by atoms with Crippen molar-refractivity contribution in [2.75, 3.05) is 7.11 Å². The van der Waals surface area contributed by atoms with Crippen molar-refractivity contribution < 1.29 is 14.6 Å². The summed E-state index contributed by atoms with van der Waals surface area (Å²) in [7, 11) is 1.33.